The molecule has 6 heteroatoms. The van der Waals surface area contributed by atoms with Crippen LogP contribution in [0, 0.1) is 5.41 Å². The van der Waals surface area contributed by atoms with E-state index in [1.165, 1.54) is 19.5 Å². The first-order valence-electron chi connectivity index (χ1n) is 7.18. The first-order chi connectivity index (χ1) is 9.91. The van der Waals surface area contributed by atoms with E-state index in [9.17, 15) is 4.79 Å². The maximum Gasteiger partial charge on any atom is 0.316 e. The van der Waals surface area contributed by atoms with E-state index in [2.05, 4.69) is 30.7 Å². The van der Waals surface area contributed by atoms with E-state index in [1.807, 2.05) is 0 Å². The van der Waals surface area contributed by atoms with Crippen LogP contribution in [0.3, 0.4) is 0 Å². The SMILES string of the molecule is COc1ncc(C(=O)N2CCO[C@H](C(C)(C)C)CC2)cn1. The van der Waals surface area contributed by atoms with Gasteiger partial charge in [-0.15, -0.1) is 0 Å². The summed E-state index contributed by atoms with van der Waals surface area (Å²) in [7, 11) is 1.50. The average molecular weight is 293 g/mol. The highest BCUT2D eigenvalue weighted by Gasteiger charge is 2.29. The van der Waals surface area contributed by atoms with Crippen molar-refractivity contribution in [2.75, 3.05) is 26.8 Å². The number of methoxy groups -OCH3 is 1. The number of hydrogen-bond donors (Lipinski definition) is 0. The number of nitrogens with zero attached hydrogens (tertiary/aromatic N) is 3. The van der Waals surface area contributed by atoms with Crippen LogP contribution in [0.15, 0.2) is 12.4 Å². The third-order valence-corrected chi connectivity index (χ3v) is 3.65. The van der Waals surface area contributed by atoms with Gasteiger partial charge in [-0.05, 0) is 11.8 Å². The molecule has 1 amide bonds. The van der Waals surface area contributed by atoms with Gasteiger partial charge in [0.25, 0.3) is 5.91 Å². The summed E-state index contributed by atoms with van der Waals surface area (Å²) < 4.78 is 10.8. The molecule has 1 aliphatic rings. The third kappa shape index (κ3) is 3.91. The molecule has 6 nitrogen and oxygen atoms in total. The van der Waals surface area contributed by atoms with Crippen molar-refractivity contribution in [2.45, 2.75) is 33.3 Å². The largest absolute Gasteiger partial charge is 0.467 e. The summed E-state index contributed by atoms with van der Waals surface area (Å²) in [6.07, 6.45) is 4.01. The number of amides is 1. The van der Waals surface area contributed by atoms with Gasteiger partial charge in [0.1, 0.15) is 0 Å². The Morgan fingerprint density at radius 2 is 2.00 bits per heavy atom. The number of aromatic nitrogens is 2. The van der Waals surface area contributed by atoms with Gasteiger partial charge in [-0.2, -0.15) is 0 Å². The number of rotatable bonds is 2. The predicted molar refractivity (Wildman–Crippen MR) is 78.3 cm³/mol. The highest BCUT2D eigenvalue weighted by Crippen LogP contribution is 2.26. The Hall–Kier alpha value is -1.69. The molecular weight excluding hydrogens is 270 g/mol. The normalized spacial score (nSPS) is 20.0. The highest BCUT2D eigenvalue weighted by molar-refractivity contribution is 5.93. The van der Waals surface area contributed by atoms with Gasteiger partial charge in [-0.3, -0.25) is 4.79 Å². The Labute approximate surface area is 125 Å². The molecule has 2 rings (SSSR count). The maximum absolute atomic E-state index is 12.5. The second-order valence-electron chi connectivity index (χ2n) is 6.26. The van der Waals surface area contributed by atoms with Crippen molar-refractivity contribution in [1.82, 2.24) is 14.9 Å². The topological polar surface area (TPSA) is 64.5 Å². The molecule has 1 aromatic heterocycles. The van der Waals surface area contributed by atoms with E-state index in [-0.39, 0.29) is 23.4 Å². The van der Waals surface area contributed by atoms with Gasteiger partial charge < -0.3 is 14.4 Å². The monoisotopic (exact) mass is 293 g/mol. The van der Waals surface area contributed by atoms with E-state index >= 15 is 0 Å². The van der Waals surface area contributed by atoms with E-state index in [0.717, 1.165) is 6.42 Å². The molecule has 0 spiro atoms. The van der Waals surface area contributed by atoms with E-state index in [4.69, 9.17) is 9.47 Å². The van der Waals surface area contributed by atoms with Gasteiger partial charge in [0.05, 0.1) is 25.4 Å². The molecule has 0 unspecified atom stereocenters. The molecule has 0 saturated carbocycles. The summed E-state index contributed by atoms with van der Waals surface area (Å²) >= 11 is 0. The minimum atomic E-state index is -0.0594. The van der Waals surface area contributed by atoms with Crippen LogP contribution in [-0.2, 0) is 4.74 Å². The van der Waals surface area contributed by atoms with Gasteiger partial charge in [-0.25, -0.2) is 9.97 Å². The molecule has 1 saturated heterocycles. The van der Waals surface area contributed by atoms with Crippen LogP contribution in [-0.4, -0.2) is 53.7 Å². The summed E-state index contributed by atoms with van der Waals surface area (Å²) in [5.74, 6) is -0.0594. The molecule has 1 fully saturated rings. The van der Waals surface area contributed by atoms with Crippen LogP contribution in [0.2, 0.25) is 0 Å². The lowest BCUT2D eigenvalue weighted by Gasteiger charge is -2.29. The zero-order chi connectivity index (χ0) is 15.5. The number of carbonyl (C=O) groups is 1. The predicted octanol–water partition coefficient (Wildman–Crippen LogP) is 1.76. The molecule has 1 aromatic rings. The first kappa shape index (κ1) is 15.7. The van der Waals surface area contributed by atoms with Gasteiger partial charge in [-0.1, -0.05) is 20.8 Å². The number of hydrogen-bond acceptors (Lipinski definition) is 5. The summed E-state index contributed by atoms with van der Waals surface area (Å²) in [6.45, 7) is 8.32. The van der Waals surface area contributed by atoms with Crippen LogP contribution in [0.1, 0.15) is 37.6 Å². The van der Waals surface area contributed by atoms with Crippen LogP contribution < -0.4 is 4.74 Å². The van der Waals surface area contributed by atoms with Gasteiger partial charge >= 0.3 is 6.01 Å². The van der Waals surface area contributed by atoms with Crippen molar-refractivity contribution in [3.05, 3.63) is 18.0 Å². The van der Waals surface area contributed by atoms with E-state index < -0.39 is 0 Å². The lowest BCUT2D eigenvalue weighted by Crippen LogP contribution is -2.34. The summed E-state index contributed by atoms with van der Waals surface area (Å²) in [4.78, 5) is 22.2. The first-order valence-corrected chi connectivity index (χ1v) is 7.18. The fraction of sp³-hybridized carbons (Fsp3) is 0.667. The van der Waals surface area contributed by atoms with Crippen molar-refractivity contribution < 1.29 is 14.3 Å². The van der Waals surface area contributed by atoms with E-state index in [0.29, 0.717) is 25.3 Å². The van der Waals surface area contributed by atoms with Crippen molar-refractivity contribution >= 4 is 5.91 Å². The Kier molecular flexibility index (Phi) is 4.77. The molecule has 21 heavy (non-hydrogen) atoms. The lowest BCUT2D eigenvalue weighted by atomic mass is 9.87. The Bertz CT molecular complexity index is 482. The minimum Gasteiger partial charge on any atom is -0.467 e. The molecule has 0 aliphatic carbocycles. The van der Waals surface area contributed by atoms with Gasteiger partial charge in [0, 0.05) is 25.5 Å². The maximum atomic E-state index is 12.5. The average Bonchev–Trinajstić information content (AvgIpc) is 2.72. The van der Waals surface area contributed by atoms with Crippen molar-refractivity contribution in [2.24, 2.45) is 5.41 Å². The Morgan fingerprint density at radius 1 is 1.33 bits per heavy atom. The molecule has 2 heterocycles. The smallest absolute Gasteiger partial charge is 0.316 e. The fourth-order valence-electron chi connectivity index (χ4n) is 2.37. The summed E-state index contributed by atoms with van der Waals surface area (Å²) in [6, 6.07) is 0.263. The Morgan fingerprint density at radius 3 is 2.57 bits per heavy atom. The van der Waals surface area contributed by atoms with Gasteiger partial charge in [0.2, 0.25) is 0 Å². The number of carbonyl (C=O) groups excluding carboxylic acids is 1. The van der Waals surface area contributed by atoms with Crippen molar-refractivity contribution in [1.29, 1.82) is 0 Å². The Balaban J connectivity index is 2.02. The van der Waals surface area contributed by atoms with E-state index in [1.54, 1.807) is 4.90 Å². The second kappa shape index (κ2) is 6.39. The molecule has 0 N–H and O–H groups in total. The molecular formula is C15H23N3O3. The molecule has 116 valence electrons. The lowest BCUT2D eigenvalue weighted by molar-refractivity contribution is -0.00973. The zero-order valence-electron chi connectivity index (χ0n) is 13.1. The summed E-state index contributed by atoms with van der Waals surface area (Å²) in [5.41, 5.74) is 0.562. The standard InChI is InChI=1S/C15H23N3O3/c1-15(2,3)12-5-6-18(7-8-21-12)13(19)11-9-16-14(20-4)17-10-11/h9-10,12H,5-8H2,1-4H3/t12-/m0/s1. The van der Waals surface area contributed by atoms with Crippen molar-refractivity contribution in [3.8, 4) is 6.01 Å². The zero-order valence-corrected chi connectivity index (χ0v) is 13.1. The van der Waals surface area contributed by atoms with Crippen LogP contribution in [0.5, 0.6) is 6.01 Å². The molecule has 1 atom stereocenters. The molecule has 1 aliphatic heterocycles. The minimum absolute atomic E-state index is 0.0594. The second-order valence-corrected chi connectivity index (χ2v) is 6.26. The van der Waals surface area contributed by atoms with Crippen LogP contribution >= 0.6 is 0 Å². The quantitative estimate of drug-likeness (QED) is 0.831. The van der Waals surface area contributed by atoms with Crippen molar-refractivity contribution in [3.63, 3.8) is 0 Å². The number of ether oxygens (including phenoxy) is 2. The van der Waals surface area contributed by atoms with Crippen LogP contribution in [0.4, 0.5) is 0 Å². The summed E-state index contributed by atoms with van der Waals surface area (Å²) in [5, 5.41) is 0. The van der Waals surface area contributed by atoms with Gasteiger partial charge in [0.15, 0.2) is 0 Å². The van der Waals surface area contributed by atoms with Crippen LogP contribution in [0.25, 0.3) is 0 Å². The highest BCUT2D eigenvalue weighted by atomic mass is 16.5. The third-order valence-electron chi connectivity index (χ3n) is 3.65. The fourth-order valence-corrected chi connectivity index (χ4v) is 2.37. The molecule has 0 radical (unpaired) electrons. The molecule has 0 aromatic carbocycles. The molecule has 0 bridgehead atoms.